The summed E-state index contributed by atoms with van der Waals surface area (Å²) in [7, 11) is -0.675. The van der Waals surface area contributed by atoms with E-state index in [1.165, 1.54) is 0 Å². The van der Waals surface area contributed by atoms with Crippen molar-refractivity contribution in [1.29, 1.82) is 0 Å². The Bertz CT molecular complexity index is 623. The first-order valence-electron chi connectivity index (χ1n) is 8.17. The second-order valence-corrected chi connectivity index (χ2v) is 7.89. The number of halogens is 2. The summed E-state index contributed by atoms with van der Waals surface area (Å²) in [6.07, 6.45) is 0.0437. The van der Waals surface area contributed by atoms with Crippen molar-refractivity contribution in [2.45, 2.75) is 58.1 Å². The minimum Gasteiger partial charge on any atom is -0.505 e. The van der Waals surface area contributed by atoms with Crippen LogP contribution in [-0.2, 0) is 18.8 Å². The van der Waals surface area contributed by atoms with Crippen LogP contribution in [-0.4, -0.2) is 36.0 Å². The lowest BCUT2D eigenvalue weighted by molar-refractivity contribution is -0.143. The predicted octanol–water partition coefficient (Wildman–Crippen LogP) is 4.37. The van der Waals surface area contributed by atoms with Gasteiger partial charge in [0, 0.05) is 5.82 Å². The van der Waals surface area contributed by atoms with Gasteiger partial charge in [-0.3, -0.25) is 4.79 Å². The van der Waals surface area contributed by atoms with E-state index in [1.807, 2.05) is 27.7 Å². The molecule has 138 valence electrons. The lowest BCUT2D eigenvalue weighted by Gasteiger charge is -2.32. The molecule has 1 aromatic rings. The molecule has 0 aromatic heterocycles. The van der Waals surface area contributed by atoms with Gasteiger partial charge in [-0.15, -0.1) is 0 Å². The molecule has 2 rings (SSSR count). The van der Waals surface area contributed by atoms with Gasteiger partial charge < -0.3 is 19.2 Å². The quantitative estimate of drug-likeness (QED) is 0.599. The number of benzene rings is 1. The number of carbonyl (C=O) groups excluding carboxylic acids is 1. The van der Waals surface area contributed by atoms with Gasteiger partial charge in [0.25, 0.3) is 0 Å². The Hall–Kier alpha value is -0.945. The zero-order valence-corrected chi connectivity index (χ0v) is 16.6. The van der Waals surface area contributed by atoms with E-state index in [2.05, 4.69) is 0 Å². The number of hydrogen-bond donors (Lipinski definition) is 1. The Balaban J connectivity index is 2.39. The molecular formula is C17H23BCl2O5. The Morgan fingerprint density at radius 2 is 1.68 bits per heavy atom. The SMILES string of the molecule is CCOC(=O)CC(B1OC(C)(C)C(C)(C)O1)c1cc(Cl)c(O)c(Cl)c1. The molecule has 1 unspecified atom stereocenters. The molecule has 25 heavy (non-hydrogen) atoms. The molecule has 1 fully saturated rings. The highest BCUT2D eigenvalue weighted by Crippen LogP contribution is 2.43. The molecule has 1 N–H and O–H groups in total. The molecule has 0 saturated carbocycles. The molecule has 1 aromatic carbocycles. The fourth-order valence-corrected chi connectivity index (χ4v) is 3.13. The van der Waals surface area contributed by atoms with Gasteiger partial charge in [0.1, 0.15) is 0 Å². The molecule has 1 saturated heterocycles. The second-order valence-electron chi connectivity index (χ2n) is 7.07. The summed E-state index contributed by atoms with van der Waals surface area (Å²) in [5.41, 5.74) is -0.455. The molecule has 0 bridgehead atoms. The molecule has 1 heterocycles. The molecule has 0 amide bonds. The fraction of sp³-hybridized carbons (Fsp3) is 0.588. The highest BCUT2D eigenvalue weighted by atomic mass is 35.5. The average Bonchev–Trinajstić information content (AvgIpc) is 2.70. The van der Waals surface area contributed by atoms with Crippen LogP contribution in [0, 0.1) is 0 Å². The summed E-state index contributed by atoms with van der Waals surface area (Å²) in [5, 5.41) is 10.0. The minimum absolute atomic E-state index is 0.0437. The Kier molecular flexibility index (Phi) is 5.99. The first kappa shape index (κ1) is 20.4. The van der Waals surface area contributed by atoms with Crippen molar-refractivity contribution in [3.63, 3.8) is 0 Å². The Labute approximate surface area is 158 Å². The normalized spacial score (nSPS) is 19.7. The predicted molar refractivity (Wildman–Crippen MR) is 98.2 cm³/mol. The first-order chi connectivity index (χ1) is 11.5. The molecule has 1 aliphatic heterocycles. The number of rotatable bonds is 5. The monoisotopic (exact) mass is 388 g/mol. The molecule has 1 atom stereocenters. The van der Waals surface area contributed by atoms with E-state index < -0.39 is 24.1 Å². The van der Waals surface area contributed by atoms with E-state index in [4.69, 9.17) is 37.2 Å². The van der Waals surface area contributed by atoms with Crippen molar-refractivity contribution < 1.29 is 23.9 Å². The lowest BCUT2D eigenvalue weighted by atomic mass is 9.66. The maximum absolute atomic E-state index is 12.1. The third kappa shape index (κ3) is 4.25. The van der Waals surface area contributed by atoms with Gasteiger partial charge in [0.2, 0.25) is 0 Å². The van der Waals surface area contributed by atoms with Crippen LogP contribution in [0.1, 0.15) is 52.4 Å². The van der Waals surface area contributed by atoms with Crippen LogP contribution >= 0.6 is 23.2 Å². The van der Waals surface area contributed by atoms with Gasteiger partial charge in [-0.05, 0) is 52.3 Å². The number of hydrogen-bond acceptors (Lipinski definition) is 5. The van der Waals surface area contributed by atoms with E-state index >= 15 is 0 Å². The van der Waals surface area contributed by atoms with Crippen LogP contribution in [0.25, 0.3) is 0 Å². The van der Waals surface area contributed by atoms with Crippen molar-refractivity contribution in [1.82, 2.24) is 0 Å². The lowest BCUT2D eigenvalue weighted by Crippen LogP contribution is -2.41. The van der Waals surface area contributed by atoms with Gasteiger partial charge in [0.15, 0.2) is 5.75 Å². The van der Waals surface area contributed by atoms with E-state index in [1.54, 1.807) is 19.1 Å². The number of esters is 1. The summed E-state index contributed by atoms with van der Waals surface area (Å²) in [6.45, 7) is 9.77. The molecule has 0 radical (unpaired) electrons. The molecule has 0 spiro atoms. The van der Waals surface area contributed by atoms with Gasteiger partial charge in [-0.25, -0.2) is 0 Å². The smallest absolute Gasteiger partial charge is 0.466 e. The van der Waals surface area contributed by atoms with E-state index in [0.29, 0.717) is 5.56 Å². The Morgan fingerprint density at radius 1 is 1.20 bits per heavy atom. The summed E-state index contributed by atoms with van der Waals surface area (Å²) < 4.78 is 17.3. The second kappa shape index (κ2) is 7.35. The first-order valence-corrected chi connectivity index (χ1v) is 8.93. The van der Waals surface area contributed by atoms with Crippen LogP contribution in [0.5, 0.6) is 5.75 Å². The van der Waals surface area contributed by atoms with Crippen molar-refractivity contribution in [3.05, 3.63) is 27.7 Å². The van der Waals surface area contributed by atoms with Gasteiger partial charge in [-0.1, -0.05) is 23.2 Å². The van der Waals surface area contributed by atoms with Gasteiger partial charge >= 0.3 is 13.1 Å². The van der Waals surface area contributed by atoms with Gasteiger partial charge in [-0.2, -0.15) is 0 Å². The van der Waals surface area contributed by atoms with E-state index in [0.717, 1.165) is 0 Å². The maximum Gasteiger partial charge on any atom is 0.466 e. The van der Waals surface area contributed by atoms with Gasteiger partial charge in [0.05, 0.1) is 34.3 Å². The molecule has 8 heteroatoms. The number of aromatic hydroxyl groups is 1. The molecular weight excluding hydrogens is 366 g/mol. The Morgan fingerprint density at radius 3 is 2.12 bits per heavy atom. The summed E-state index contributed by atoms with van der Waals surface area (Å²) in [5.74, 6) is -1.05. The summed E-state index contributed by atoms with van der Waals surface area (Å²) in [6, 6.07) is 3.13. The largest absolute Gasteiger partial charge is 0.505 e. The van der Waals surface area contributed by atoms with Crippen molar-refractivity contribution in [2.24, 2.45) is 0 Å². The third-order valence-electron chi connectivity index (χ3n) is 4.76. The molecule has 0 aliphatic carbocycles. The highest BCUT2D eigenvalue weighted by Gasteiger charge is 2.54. The zero-order chi connectivity index (χ0) is 19.0. The highest BCUT2D eigenvalue weighted by molar-refractivity contribution is 6.48. The van der Waals surface area contributed by atoms with Crippen molar-refractivity contribution in [2.75, 3.05) is 6.61 Å². The van der Waals surface area contributed by atoms with Crippen LogP contribution < -0.4 is 0 Å². The van der Waals surface area contributed by atoms with E-state index in [9.17, 15) is 9.90 Å². The van der Waals surface area contributed by atoms with Crippen LogP contribution in [0.4, 0.5) is 0 Å². The third-order valence-corrected chi connectivity index (χ3v) is 5.34. The van der Waals surface area contributed by atoms with Crippen LogP contribution in [0.15, 0.2) is 12.1 Å². The maximum atomic E-state index is 12.1. The summed E-state index contributed by atoms with van der Waals surface area (Å²) >= 11 is 12.1. The summed E-state index contributed by atoms with van der Waals surface area (Å²) in [4.78, 5) is 12.1. The number of carbonyl (C=O) groups is 1. The number of phenols is 1. The standard InChI is InChI=1S/C17H23BCl2O5/c1-6-23-14(21)9-11(10-7-12(19)15(22)13(20)8-10)18-24-16(2,3)17(4,5)25-18/h7-8,11,22H,6,9H2,1-5H3. The van der Waals surface area contributed by atoms with Crippen molar-refractivity contribution >= 4 is 36.3 Å². The topological polar surface area (TPSA) is 65.0 Å². The molecule has 5 nitrogen and oxygen atoms in total. The molecule has 1 aliphatic rings. The fourth-order valence-electron chi connectivity index (χ4n) is 2.62. The number of phenolic OH excluding ortho intramolecular Hbond substituents is 1. The minimum atomic E-state index is -0.675. The van der Waals surface area contributed by atoms with Crippen molar-refractivity contribution in [3.8, 4) is 5.75 Å². The van der Waals surface area contributed by atoms with Crippen LogP contribution in [0.3, 0.4) is 0 Å². The zero-order valence-electron chi connectivity index (χ0n) is 15.1. The van der Waals surface area contributed by atoms with Crippen LogP contribution in [0.2, 0.25) is 10.0 Å². The number of ether oxygens (including phenoxy) is 1. The van der Waals surface area contributed by atoms with E-state index in [-0.39, 0.29) is 34.8 Å². The average molecular weight is 389 g/mol.